The molecule has 8 nitrogen and oxygen atoms in total. The lowest BCUT2D eigenvalue weighted by atomic mass is 9.53. The number of aliphatic hydroxyl groups excluding tert-OH is 1. The Bertz CT molecular complexity index is 1540. The zero-order valence-corrected chi connectivity index (χ0v) is 27.6. The number of thioether (sulfide) groups is 1. The Kier molecular flexibility index (Phi) is 9.33. The molecule has 5 aliphatic rings. The van der Waals surface area contributed by atoms with E-state index in [9.17, 15) is 19.8 Å². The molecule has 3 aromatic carbocycles. The van der Waals surface area contributed by atoms with Gasteiger partial charge in [0, 0.05) is 34.2 Å². The van der Waals surface area contributed by atoms with Gasteiger partial charge in [0.2, 0.25) is 0 Å². The Hall–Kier alpha value is -3.37. The van der Waals surface area contributed by atoms with E-state index >= 15 is 0 Å². The number of aromatic carboxylic acids is 1. The van der Waals surface area contributed by atoms with Crippen LogP contribution in [0.15, 0.2) is 77.7 Å². The zero-order chi connectivity index (χ0) is 32.5. The smallest absolute Gasteiger partial charge is 0.336 e. The fourth-order valence-corrected chi connectivity index (χ4v) is 9.99. The van der Waals surface area contributed by atoms with E-state index in [-0.39, 0.29) is 41.9 Å². The van der Waals surface area contributed by atoms with Crippen molar-refractivity contribution in [1.29, 1.82) is 0 Å². The topological polar surface area (TPSA) is 117 Å². The number of carboxylic acids is 1. The van der Waals surface area contributed by atoms with Crippen LogP contribution < -0.4 is 10.6 Å². The second-order valence-electron chi connectivity index (χ2n) is 14.2. The zero-order valence-electron chi connectivity index (χ0n) is 26.8. The molecule has 2 amide bonds. The van der Waals surface area contributed by atoms with Crippen LogP contribution in [-0.4, -0.2) is 39.6 Å². The van der Waals surface area contributed by atoms with Crippen LogP contribution in [0.1, 0.15) is 90.5 Å². The van der Waals surface area contributed by atoms with Crippen LogP contribution in [0.25, 0.3) is 0 Å². The Morgan fingerprint density at radius 3 is 2.11 bits per heavy atom. The summed E-state index contributed by atoms with van der Waals surface area (Å²) in [7, 11) is 0. The summed E-state index contributed by atoms with van der Waals surface area (Å²) in [6.07, 6.45) is 6.29. The third-order valence-electron chi connectivity index (χ3n) is 10.8. The van der Waals surface area contributed by atoms with Crippen molar-refractivity contribution in [3.8, 4) is 0 Å². The van der Waals surface area contributed by atoms with Gasteiger partial charge in [0.15, 0.2) is 6.29 Å². The first-order chi connectivity index (χ1) is 22.8. The second-order valence-corrected chi connectivity index (χ2v) is 15.2. The summed E-state index contributed by atoms with van der Waals surface area (Å²) >= 11 is 1.48. The van der Waals surface area contributed by atoms with Gasteiger partial charge in [0.1, 0.15) is 0 Å². The minimum atomic E-state index is -0.950. The molecule has 5 fully saturated rings. The molecule has 4 aliphatic carbocycles. The van der Waals surface area contributed by atoms with Gasteiger partial charge in [-0.25, -0.2) is 9.59 Å². The van der Waals surface area contributed by atoms with Crippen LogP contribution in [-0.2, 0) is 22.6 Å². The molecule has 1 aliphatic heterocycles. The van der Waals surface area contributed by atoms with Gasteiger partial charge in [-0.2, -0.15) is 0 Å². The lowest BCUT2D eigenvalue weighted by molar-refractivity contribution is -0.268. The summed E-state index contributed by atoms with van der Waals surface area (Å²) in [6.45, 7) is 2.50. The van der Waals surface area contributed by atoms with E-state index in [0.717, 1.165) is 59.3 Å². The van der Waals surface area contributed by atoms with Crippen LogP contribution in [0.2, 0.25) is 0 Å². The van der Waals surface area contributed by atoms with E-state index < -0.39 is 12.3 Å². The number of benzene rings is 3. The van der Waals surface area contributed by atoms with E-state index in [0.29, 0.717) is 17.2 Å². The van der Waals surface area contributed by atoms with Crippen molar-refractivity contribution in [2.45, 2.75) is 87.5 Å². The van der Waals surface area contributed by atoms with Crippen molar-refractivity contribution in [2.75, 3.05) is 5.75 Å². The average molecular weight is 657 g/mol. The van der Waals surface area contributed by atoms with Gasteiger partial charge >= 0.3 is 12.0 Å². The van der Waals surface area contributed by atoms with Crippen molar-refractivity contribution in [2.24, 2.45) is 23.7 Å². The van der Waals surface area contributed by atoms with Crippen molar-refractivity contribution in [1.82, 2.24) is 10.6 Å². The van der Waals surface area contributed by atoms with Gasteiger partial charge in [-0.15, -0.1) is 11.8 Å². The molecule has 4 atom stereocenters. The third-order valence-corrected chi connectivity index (χ3v) is 11.9. The standard InChI is InChI=1S/C38H44N2O6S/c1-23-32(22-47-33-5-3-2-4-31(33)35(42)43)45-36(46-34(23)29-10-8-25(21-41)9-11-29)30-12-6-24(7-13-30)20-39-37(44)40-38-17-26-14-27(18-38)16-28(15-26)19-38/h2-13,23,26-28,32,34,36,41H,14-22H2,1H3,(H,42,43)(H2,39,40,44). The highest BCUT2D eigenvalue weighted by Crippen LogP contribution is 2.55. The first kappa shape index (κ1) is 32.2. The molecule has 0 spiro atoms. The highest BCUT2D eigenvalue weighted by atomic mass is 32.2. The van der Waals surface area contributed by atoms with Gasteiger partial charge in [0.05, 0.1) is 24.4 Å². The number of rotatable bonds is 10. The van der Waals surface area contributed by atoms with E-state index in [1.165, 1.54) is 31.0 Å². The van der Waals surface area contributed by atoms with E-state index in [2.05, 4.69) is 17.6 Å². The quantitative estimate of drug-likeness (QED) is 0.170. The minimum Gasteiger partial charge on any atom is -0.478 e. The first-order valence-electron chi connectivity index (χ1n) is 16.9. The molecule has 4 unspecified atom stereocenters. The molecular weight excluding hydrogens is 612 g/mol. The van der Waals surface area contributed by atoms with Crippen LogP contribution in [0.3, 0.4) is 0 Å². The Balaban J connectivity index is 1.02. The molecule has 1 saturated heterocycles. The summed E-state index contributed by atoms with van der Waals surface area (Å²) < 4.78 is 13.2. The Morgan fingerprint density at radius 1 is 0.851 bits per heavy atom. The molecule has 0 radical (unpaired) electrons. The van der Waals surface area contributed by atoms with Gasteiger partial charge in [-0.1, -0.05) is 67.6 Å². The summed E-state index contributed by atoms with van der Waals surface area (Å²) in [5, 5.41) is 25.7. The largest absolute Gasteiger partial charge is 0.478 e. The SMILES string of the molecule is CC1C(CSc2ccccc2C(=O)O)OC(c2ccc(CNC(=O)NC34CC5CC(CC(C5)C3)C4)cc2)OC1c1ccc(CO)cc1. The van der Waals surface area contributed by atoms with Gasteiger partial charge in [-0.05, 0) is 85.1 Å². The average Bonchev–Trinajstić information content (AvgIpc) is 3.06. The maximum absolute atomic E-state index is 13.0. The van der Waals surface area contributed by atoms with Crippen LogP contribution >= 0.6 is 11.8 Å². The van der Waals surface area contributed by atoms with Gasteiger partial charge in [0.25, 0.3) is 0 Å². The number of carbonyl (C=O) groups excluding carboxylic acids is 1. The fraction of sp³-hybridized carbons (Fsp3) is 0.474. The molecule has 4 bridgehead atoms. The summed E-state index contributed by atoms with van der Waals surface area (Å²) in [5.41, 5.74) is 3.95. The highest BCUT2D eigenvalue weighted by Gasteiger charge is 2.51. The molecule has 3 aromatic rings. The summed E-state index contributed by atoms with van der Waals surface area (Å²) in [6, 6.07) is 22.7. The normalized spacial score (nSPS) is 31.0. The van der Waals surface area contributed by atoms with Crippen molar-refractivity contribution >= 4 is 23.8 Å². The number of nitrogens with one attached hydrogen (secondary N) is 2. The molecule has 1 heterocycles. The number of amides is 2. The first-order valence-corrected chi connectivity index (χ1v) is 17.9. The van der Waals surface area contributed by atoms with Crippen molar-refractivity contribution in [3.05, 3.63) is 101 Å². The molecule has 8 rings (SSSR count). The highest BCUT2D eigenvalue weighted by molar-refractivity contribution is 7.99. The maximum atomic E-state index is 13.0. The maximum Gasteiger partial charge on any atom is 0.336 e. The number of hydrogen-bond donors (Lipinski definition) is 4. The van der Waals surface area contributed by atoms with Gasteiger partial charge < -0.3 is 30.3 Å². The fourth-order valence-electron chi connectivity index (χ4n) is 8.77. The number of carboxylic acid groups (broad SMARTS) is 1. The molecule has 4 saturated carbocycles. The monoisotopic (exact) mass is 656 g/mol. The van der Waals surface area contributed by atoms with Crippen LogP contribution in [0, 0.1) is 23.7 Å². The second kappa shape index (κ2) is 13.6. The summed E-state index contributed by atoms with van der Waals surface area (Å²) in [5.74, 6) is 1.91. The van der Waals surface area contributed by atoms with Gasteiger partial charge in [-0.3, -0.25) is 0 Å². The molecule has 248 valence electrons. The third kappa shape index (κ3) is 7.09. The predicted molar refractivity (Wildman–Crippen MR) is 180 cm³/mol. The number of ether oxygens (including phenoxy) is 2. The number of carbonyl (C=O) groups is 2. The van der Waals surface area contributed by atoms with Crippen molar-refractivity contribution < 1.29 is 29.3 Å². The van der Waals surface area contributed by atoms with Crippen LogP contribution in [0.4, 0.5) is 4.79 Å². The lowest BCUT2D eigenvalue weighted by Crippen LogP contribution is -2.61. The molecule has 47 heavy (non-hydrogen) atoms. The minimum absolute atomic E-state index is 0.0189. The number of urea groups is 1. The van der Waals surface area contributed by atoms with E-state index in [4.69, 9.17) is 9.47 Å². The molecule has 9 heteroatoms. The van der Waals surface area contributed by atoms with Crippen molar-refractivity contribution in [3.63, 3.8) is 0 Å². The molecule has 0 aromatic heterocycles. The number of aliphatic hydroxyl groups is 1. The Labute approximate surface area is 280 Å². The van der Waals surface area contributed by atoms with E-state index in [1.54, 1.807) is 12.1 Å². The van der Waals surface area contributed by atoms with E-state index in [1.807, 2.05) is 60.7 Å². The number of hydrogen-bond acceptors (Lipinski definition) is 6. The predicted octanol–water partition coefficient (Wildman–Crippen LogP) is 7.23. The van der Waals surface area contributed by atoms with Crippen LogP contribution in [0.5, 0.6) is 0 Å². The summed E-state index contributed by atoms with van der Waals surface area (Å²) in [4.78, 5) is 25.5. The lowest BCUT2D eigenvalue weighted by Gasteiger charge is -2.56. The Morgan fingerprint density at radius 2 is 1.47 bits per heavy atom. The molecule has 4 N–H and O–H groups in total. The molecular formula is C38H44N2O6S.